The van der Waals surface area contributed by atoms with E-state index in [4.69, 9.17) is 0 Å². The number of benzene rings is 7. The van der Waals surface area contributed by atoms with Crippen LogP contribution in [-0.4, -0.2) is 0 Å². The lowest BCUT2D eigenvalue weighted by Crippen LogP contribution is -2.15. The van der Waals surface area contributed by atoms with Crippen molar-refractivity contribution in [1.29, 1.82) is 0 Å². The fraction of sp³-hybridized carbons (Fsp3) is 0.0233. The molecule has 0 saturated heterocycles. The van der Waals surface area contributed by atoms with Crippen LogP contribution in [0.3, 0.4) is 0 Å². The molecule has 0 N–H and O–H groups in total. The van der Waals surface area contributed by atoms with Gasteiger partial charge >= 0.3 is 0 Å². The maximum atomic E-state index is 2.40. The van der Waals surface area contributed by atoms with E-state index in [-0.39, 0.29) is 0 Å². The van der Waals surface area contributed by atoms with Gasteiger partial charge in [-0.25, -0.2) is 0 Å². The molecule has 1 aliphatic carbocycles. The van der Waals surface area contributed by atoms with Gasteiger partial charge in [0.25, 0.3) is 0 Å². The molecule has 0 heterocycles. The van der Waals surface area contributed by atoms with E-state index in [0.717, 1.165) is 40.6 Å². The van der Waals surface area contributed by atoms with Gasteiger partial charge in [0, 0.05) is 33.5 Å². The lowest BCUT2D eigenvalue weighted by atomic mass is 9.93. The quantitative estimate of drug-likeness (QED) is 0.182. The monoisotopic (exact) mass is 576 g/mol. The largest absolute Gasteiger partial charge is 0.310 e. The first-order valence-electron chi connectivity index (χ1n) is 15.5. The van der Waals surface area contributed by atoms with Crippen LogP contribution in [0.5, 0.6) is 0 Å². The minimum Gasteiger partial charge on any atom is -0.310 e. The van der Waals surface area contributed by atoms with Crippen LogP contribution >= 0.6 is 0 Å². The molecule has 0 aliphatic heterocycles. The van der Waals surface area contributed by atoms with Crippen molar-refractivity contribution in [2.45, 2.75) is 6.42 Å². The van der Waals surface area contributed by atoms with Gasteiger partial charge in [-0.05, 0) is 88.6 Å². The highest BCUT2D eigenvalue weighted by Gasteiger charge is 2.22. The van der Waals surface area contributed by atoms with E-state index < -0.39 is 0 Å². The molecular weight excluding hydrogens is 544 g/mol. The summed E-state index contributed by atoms with van der Waals surface area (Å²) in [6.07, 6.45) is 12.0. The van der Waals surface area contributed by atoms with Crippen LogP contribution in [0.15, 0.2) is 188 Å². The van der Waals surface area contributed by atoms with E-state index in [1.165, 1.54) is 32.3 Å². The van der Waals surface area contributed by atoms with Crippen LogP contribution in [0.1, 0.15) is 6.42 Å². The van der Waals surface area contributed by atoms with Gasteiger partial charge < -0.3 is 9.80 Å². The highest BCUT2D eigenvalue weighted by atomic mass is 15.2. The second-order valence-corrected chi connectivity index (χ2v) is 11.3. The van der Waals surface area contributed by atoms with Gasteiger partial charge in [-0.2, -0.15) is 0 Å². The molecule has 7 aromatic carbocycles. The van der Waals surface area contributed by atoms with Crippen molar-refractivity contribution in [3.63, 3.8) is 0 Å². The van der Waals surface area contributed by atoms with Crippen LogP contribution in [0.2, 0.25) is 0 Å². The number of nitrogens with zero attached hydrogens (tertiary/aromatic N) is 2. The summed E-state index contributed by atoms with van der Waals surface area (Å²) in [7, 11) is 0. The molecule has 7 aromatic rings. The first kappa shape index (κ1) is 26.7. The molecule has 0 radical (unpaired) electrons. The average molecular weight is 577 g/mol. The highest BCUT2D eigenvalue weighted by Crippen LogP contribution is 2.46. The lowest BCUT2D eigenvalue weighted by Gasteiger charge is -2.30. The number of allylic oxidation sites excluding steroid dienone is 5. The number of fused-ring (bicyclic) bond motifs is 5. The smallest absolute Gasteiger partial charge is 0.0546 e. The number of rotatable bonds is 6. The molecule has 0 fully saturated rings. The summed E-state index contributed by atoms with van der Waals surface area (Å²) in [5.74, 6) is 0. The lowest BCUT2D eigenvalue weighted by molar-refractivity contribution is 1.22. The first-order chi connectivity index (χ1) is 22.4. The Balaban J connectivity index is 1.47. The first-order valence-corrected chi connectivity index (χ1v) is 15.5. The third kappa shape index (κ3) is 4.87. The molecule has 0 unspecified atom stereocenters. The van der Waals surface area contributed by atoms with Crippen molar-refractivity contribution in [1.82, 2.24) is 0 Å². The third-order valence-electron chi connectivity index (χ3n) is 8.59. The average Bonchev–Trinajstić information content (AvgIpc) is 3.40. The van der Waals surface area contributed by atoms with E-state index in [2.05, 4.69) is 192 Å². The van der Waals surface area contributed by atoms with Crippen LogP contribution in [-0.2, 0) is 0 Å². The minimum absolute atomic E-state index is 0.924. The van der Waals surface area contributed by atoms with Gasteiger partial charge in [0.1, 0.15) is 0 Å². The fourth-order valence-corrected chi connectivity index (χ4v) is 6.59. The van der Waals surface area contributed by atoms with Crippen molar-refractivity contribution in [3.05, 3.63) is 188 Å². The number of anilines is 5. The van der Waals surface area contributed by atoms with Crippen LogP contribution < -0.4 is 9.80 Å². The summed E-state index contributed by atoms with van der Waals surface area (Å²) in [5.41, 5.74) is 6.85. The standard InChI is InChI=1S/C43H32N2/c1-2-7-19-32(18-6-1)44(33-20-8-3-9-21-33)42-30-40-37-27-15-17-29-39(37)43(31-41(40)36-26-14-16-28-38(36)42)45(34-22-10-4-11-23-34)35-24-12-5-13-25-35/h1,3-31H,2H2. The van der Waals surface area contributed by atoms with Gasteiger partial charge in [-0.3, -0.25) is 0 Å². The van der Waals surface area contributed by atoms with Gasteiger partial charge in [0.05, 0.1) is 11.4 Å². The Hall–Kier alpha value is -5.86. The summed E-state index contributed by atoms with van der Waals surface area (Å²) < 4.78 is 0. The van der Waals surface area contributed by atoms with Crippen LogP contribution in [0.4, 0.5) is 28.4 Å². The topological polar surface area (TPSA) is 6.48 Å². The fourth-order valence-electron chi connectivity index (χ4n) is 6.59. The Morgan fingerprint density at radius 2 is 0.800 bits per heavy atom. The molecule has 0 saturated carbocycles. The Bertz CT molecular complexity index is 2190. The number of hydrogen-bond donors (Lipinski definition) is 0. The van der Waals surface area contributed by atoms with Crippen molar-refractivity contribution in [2.24, 2.45) is 0 Å². The molecule has 2 nitrogen and oxygen atoms in total. The van der Waals surface area contributed by atoms with Gasteiger partial charge in [-0.1, -0.05) is 121 Å². The van der Waals surface area contributed by atoms with E-state index in [1.54, 1.807) is 0 Å². The minimum atomic E-state index is 0.924. The zero-order valence-electron chi connectivity index (χ0n) is 24.9. The summed E-state index contributed by atoms with van der Waals surface area (Å²) in [6, 6.07) is 54.5. The summed E-state index contributed by atoms with van der Waals surface area (Å²) in [5, 5.41) is 7.35. The van der Waals surface area contributed by atoms with Gasteiger partial charge in [0.2, 0.25) is 0 Å². The molecule has 0 bridgehead atoms. The van der Waals surface area contributed by atoms with Crippen molar-refractivity contribution in [3.8, 4) is 0 Å². The second kappa shape index (κ2) is 11.7. The molecule has 0 atom stereocenters. The summed E-state index contributed by atoms with van der Waals surface area (Å²) in [4.78, 5) is 4.78. The Morgan fingerprint density at radius 3 is 1.31 bits per heavy atom. The Labute approximate surface area is 264 Å². The van der Waals surface area contributed by atoms with E-state index in [0.29, 0.717) is 0 Å². The van der Waals surface area contributed by atoms with Crippen molar-refractivity contribution < 1.29 is 0 Å². The molecule has 45 heavy (non-hydrogen) atoms. The molecule has 1 aliphatic rings. The molecule has 0 spiro atoms. The van der Waals surface area contributed by atoms with Gasteiger partial charge in [0.15, 0.2) is 0 Å². The molecule has 214 valence electrons. The Morgan fingerprint density at radius 1 is 0.378 bits per heavy atom. The molecule has 2 heteroatoms. The zero-order valence-corrected chi connectivity index (χ0v) is 24.9. The van der Waals surface area contributed by atoms with E-state index in [9.17, 15) is 0 Å². The molecular formula is C43H32N2. The summed E-state index contributed by atoms with van der Waals surface area (Å²) >= 11 is 0. The normalized spacial score (nSPS) is 12.8. The van der Waals surface area contributed by atoms with E-state index >= 15 is 0 Å². The zero-order chi connectivity index (χ0) is 30.0. The predicted molar refractivity (Wildman–Crippen MR) is 193 cm³/mol. The van der Waals surface area contributed by atoms with Crippen LogP contribution in [0, 0.1) is 0 Å². The summed E-state index contributed by atoms with van der Waals surface area (Å²) in [6.45, 7) is 0. The van der Waals surface area contributed by atoms with Crippen LogP contribution in [0.25, 0.3) is 32.3 Å². The van der Waals surface area contributed by atoms with Crippen molar-refractivity contribution in [2.75, 3.05) is 9.80 Å². The molecule has 8 rings (SSSR count). The molecule has 0 aromatic heterocycles. The SMILES string of the molecule is C1=CCC=CC(N(c2ccccc2)c2cc3c4ccccc4c(N(c4ccccc4)c4ccccc4)cc3c3ccccc23)=C1. The number of para-hydroxylation sites is 3. The van der Waals surface area contributed by atoms with Crippen molar-refractivity contribution >= 4 is 60.8 Å². The highest BCUT2D eigenvalue weighted by molar-refractivity contribution is 6.24. The number of hydrogen-bond acceptors (Lipinski definition) is 2. The molecule has 0 amide bonds. The van der Waals surface area contributed by atoms with E-state index in [1.807, 2.05) is 0 Å². The third-order valence-corrected chi connectivity index (χ3v) is 8.59. The maximum Gasteiger partial charge on any atom is 0.0546 e. The van der Waals surface area contributed by atoms with Gasteiger partial charge in [-0.15, -0.1) is 0 Å². The Kier molecular flexibility index (Phi) is 6.94. The predicted octanol–water partition coefficient (Wildman–Crippen LogP) is 12.2. The second-order valence-electron chi connectivity index (χ2n) is 11.3. The maximum absolute atomic E-state index is 2.40.